The van der Waals surface area contributed by atoms with Gasteiger partial charge in [-0.05, 0) is 6.92 Å². The quantitative estimate of drug-likeness (QED) is 0.482. The smallest absolute Gasteiger partial charge is 0.334 e. The van der Waals surface area contributed by atoms with Crippen LogP contribution in [0.5, 0.6) is 0 Å². The summed E-state index contributed by atoms with van der Waals surface area (Å²) in [5.41, 5.74) is -0.269. The van der Waals surface area contributed by atoms with Crippen LogP contribution in [-0.4, -0.2) is 17.2 Å². The molecule has 3 heteroatoms. The SMILES string of the molecule is C=CC(F)C(=CC)C(=O)O. The van der Waals surface area contributed by atoms with Gasteiger partial charge in [0.1, 0.15) is 6.17 Å². The molecule has 0 aromatic carbocycles. The van der Waals surface area contributed by atoms with Gasteiger partial charge in [0.05, 0.1) is 5.57 Å². The van der Waals surface area contributed by atoms with Crippen LogP contribution in [0.4, 0.5) is 4.39 Å². The second kappa shape index (κ2) is 3.82. The molecule has 0 aliphatic carbocycles. The molecule has 0 rings (SSSR count). The Morgan fingerprint density at radius 3 is 2.40 bits per heavy atom. The molecule has 1 unspecified atom stereocenters. The number of alkyl halides is 1. The number of rotatable bonds is 3. The standard InChI is InChI=1S/C7H9FO2/c1-3-5(7(9)10)6(8)4-2/h3-4,6H,2H2,1H3,(H,9,10). The van der Waals surface area contributed by atoms with Gasteiger partial charge in [-0.3, -0.25) is 0 Å². The highest BCUT2D eigenvalue weighted by molar-refractivity contribution is 5.88. The van der Waals surface area contributed by atoms with Crippen molar-refractivity contribution in [1.82, 2.24) is 0 Å². The van der Waals surface area contributed by atoms with Crippen molar-refractivity contribution >= 4 is 5.97 Å². The average molecular weight is 144 g/mol. The van der Waals surface area contributed by atoms with E-state index in [1.54, 1.807) is 0 Å². The topological polar surface area (TPSA) is 37.3 Å². The summed E-state index contributed by atoms with van der Waals surface area (Å²) < 4.78 is 12.5. The number of carboxylic acid groups (broad SMARTS) is 1. The number of halogens is 1. The van der Waals surface area contributed by atoms with Crippen LogP contribution < -0.4 is 0 Å². The number of hydrogen-bond donors (Lipinski definition) is 1. The van der Waals surface area contributed by atoms with Crippen LogP contribution in [0.25, 0.3) is 0 Å². The van der Waals surface area contributed by atoms with E-state index in [1.165, 1.54) is 13.0 Å². The number of carboxylic acids is 1. The molecule has 0 fully saturated rings. The van der Waals surface area contributed by atoms with E-state index in [4.69, 9.17) is 5.11 Å². The molecule has 0 spiro atoms. The molecule has 1 N–H and O–H groups in total. The minimum atomic E-state index is -1.57. The van der Waals surface area contributed by atoms with E-state index in [0.29, 0.717) is 0 Å². The van der Waals surface area contributed by atoms with E-state index in [0.717, 1.165) is 6.08 Å². The Kier molecular flexibility index (Phi) is 3.39. The first kappa shape index (κ1) is 8.88. The molecule has 0 heterocycles. The van der Waals surface area contributed by atoms with Gasteiger partial charge in [0.2, 0.25) is 0 Å². The molecule has 0 aromatic heterocycles. The van der Waals surface area contributed by atoms with Crippen molar-refractivity contribution in [2.75, 3.05) is 0 Å². The third-order valence-electron chi connectivity index (χ3n) is 1.06. The zero-order chi connectivity index (χ0) is 8.15. The fraction of sp³-hybridized carbons (Fsp3) is 0.286. The molecule has 56 valence electrons. The van der Waals surface area contributed by atoms with E-state index < -0.39 is 12.1 Å². The van der Waals surface area contributed by atoms with Gasteiger partial charge in [-0.25, -0.2) is 9.18 Å². The lowest BCUT2D eigenvalue weighted by Gasteiger charge is -2.00. The molecule has 0 aliphatic rings. The normalized spacial score (nSPS) is 14.4. The molecular weight excluding hydrogens is 135 g/mol. The highest BCUT2D eigenvalue weighted by Crippen LogP contribution is 2.07. The van der Waals surface area contributed by atoms with E-state index in [-0.39, 0.29) is 5.57 Å². The molecule has 0 saturated carbocycles. The fourth-order valence-corrected chi connectivity index (χ4v) is 0.528. The van der Waals surface area contributed by atoms with Crippen molar-refractivity contribution in [3.8, 4) is 0 Å². The Labute approximate surface area is 58.7 Å². The van der Waals surface area contributed by atoms with Crippen molar-refractivity contribution in [2.45, 2.75) is 13.1 Å². The van der Waals surface area contributed by atoms with Gasteiger partial charge < -0.3 is 5.11 Å². The second-order valence-electron chi connectivity index (χ2n) is 1.69. The van der Waals surface area contributed by atoms with Crippen LogP contribution in [0, 0.1) is 0 Å². The van der Waals surface area contributed by atoms with Crippen LogP contribution in [0.15, 0.2) is 24.3 Å². The fourth-order valence-electron chi connectivity index (χ4n) is 0.528. The molecular formula is C7H9FO2. The first-order chi connectivity index (χ1) is 4.63. The molecule has 0 aliphatic heterocycles. The summed E-state index contributed by atoms with van der Waals surface area (Å²) in [6.07, 6.45) is 0.598. The van der Waals surface area contributed by atoms with Gasteiger partial charge in [-0.2, -0.15) is 0 Å². The highest BCUT2D eigenvalue weighted by atomic mass is 19.1. The van der Waals surface area contributed by atoms with Crippen LogP contribution in [0.2, 0.25) is 0 Å². The number of carbonyl (C=O) groups is 1. The third kappa shape index (κ3) is 2.01. The van der Waals surface area contributed by atoms with Gasteiger partial charge in [0, 0.05) is 0 Å². The van der Waals surface area contributed by atoms with Crippen molar-refractivity contribution in [3.63, 3.8) is 0 Å². The summed E-state index contributed by atoms with van der Waals surface area (Å²) in [6.45, 7) is 4.60. The second-order valence-corrected chi connectivity index (χ2v) is 1.69. The van der Waals surface area contributed by atoms with Crippen LogP contribution >= 0.6 is 0 Å². The van der Waals surface area contributed by atoms with Crippen molar-refractivity contribution in [2.24, 2.45) is 0 Å². The monoisotopic (exact) mass is 144 g/mol. The lowest BCUT2D eigenvalue weighted by molar-refractivity contribution is -0.133. The molecule has 0 saturated heterocycles. The Morgan fingerprint density at radius 2 is 2.30 bits per heavy atom. The Hall–Kier alpha value is -1.12. The highest BCUT2D eigenvalue weighted by Gasteiger charge is 2.14. The summed E-state index contributed by atoms with van der Waals surface area (Å²) >= 11 is 0. The predicted molar refractivity (Wildman–Crippen MR) is 36.5 cm³/mol. The first-order valence-corrected chi connectivity index (χ1v) is 2.79. The van der Waals surface area contributed by atoms with E-state index in [2.05, 4.69) is 6.58 Å². The summed E-state index contributed by atoms with van der Waals surface area (Å²) in [5, 5.41) is 8.32. The van der Waals surface area contributed by atoms with Crippen LogP contribution in [-0.2, 0) is 4.79 Å². The Balaban J connectivity index is 4.37. The zero-order valence-corrected chi connectivity index (χ0v) is 5.67. The summed E-state index contributed by atoms with van der Waals surface area (Å²) in [4.78, 5) is 10.2. The summed E-state index contributed by atoms with van der Waals surface area (Å²) in [6, 6.07) is 0. The molecule has 0 aromatic rings. The maximum Gasteiger partial charge on any atom is 0.334 e. The summed E-state index contributed by atoms with van der Waals surface area (Å²) in [5.74, 6) is -1.24. The lowest BCUT2D eigenvalue weighted by Crippen LogP contribution is -2.10. The summed E-state index contributed by atoms with van der Waals surface area (Å²) in [7, 11) is 0. The minimum absolute atomic E-state index is 0.269. The van der Waals surface area contributed by atoms with Gasteiger partial charge in [-0.15, -0.1) is 0 Å². The average Bonchev–Trinajstić information content (AvgIpc) is 1.88. The number of allylic oxidation sites excluding steroid dienone is 2. The third-order valence-corrected chi connectivity index (χ3v) is 1.06. The van der Waals surface area contributed by atoms with Crippen LogP contribution in [0.1, 0.15) is 6.92 Å². The molecule has 1 atom stereocenters. The largest absolute Gasteiger partial charge is 0.478 e. The molecule has 0 radical (unpaired) electrons. The predicted octanol–water partition coefficient (Wildman–Crippen LogP) is 1.54. The minimum Gasteiger partial charge on any atom is -0.478 e. The van der Waals surface area contributed by atoms with Gasteiger partial charge >= 0.3 is 5.97 Å². The van der Waals surface area contributed by atoms with Crippen molar-refractivity contribution in [3.05, 3.63) is 24.3 Å². The van der Waals surface area contributed by atoms with Crippen molar-refractivity contribution in [1.29, 1.82) is 0 Å². The number of aliphatic carboxylic acids is 1. The van der Waals surface area contributed by atoms with Gasteiger partial charge in [-0.1, -0.05) is 18.7 Å². The molecule has 2 nitrogen and oxygen atoms in total. The van der Waals surface area contributed by atoms with Crippen LogP contribution in [0.3, 0.4) is 0 Å². The van der Waals surface area contributed by atoms with E-state index in [9.17, 15) is 9.18 Å². The van der Waals surface area contributed by atoms with E-state index in [1.807, 2.05) is 0 Å². The van der Waals surface area contributed by atoms with Gasteiger partial charge in [0.25, 0.3) is 0 Å². The molecule has 10 heavy (non-hydrogen) atoms. The first-order valence-electron chi connectivity index (χ1n) is 2.79. The maximum absolute atomic E-state index is 12.5. The Bertz CT molecular complexity index is 172. The van der Waals surface area contributed by atoms with E-state index >= 15 is 0 Å². The molecule has 0 amide bonds. The lowest BCUT2D eigenvalue weighted by atomic mass is 10.1. The van der Waals surface area contributed by atoms with Gasteiger partial charge in [0.15, 0.2) is 0 Å². The van der Waals surface area contributed by atoms with Crippen molar-refractivity contribution < 1.29 is 14.3 Å². The number of hydrogen-bond acceptors (Lipinski definition) is 1. The maximum atomic E-state index is 12.5. The molecule has 0 bridgehead atoms. The zero-order valence-electron chi connectivity index (χ0n) is 5.67. The Morgan fingerprint density at radius 1 is 1.80 bits per heavy atom.